The molecule has 1 fully saturated rings. The lowest BCUT2D eigenvalue weighted by molar-refractivity contribution is -0.00242. The molecule has 0 aromatic heterocycles. The molecule has 1 saturated carbocycles. The molecule has 19 heavy (non-hydrogen) atoms. The van der Waals surface area contributed by atoms with Crippen LogP contribution in [0.5, 0.6) is 0 Å². The van der Waals surface area contributed by atoms with Crippen molar-refractivity contribution in [2.45, 2.75) is 63.5 Å². The van der Waals surface area contributed by atoms with Crippen LogP contribution >= 0.6 is 0 Å². The van der Waals surface area contributed by atoms with Gasteiger partial charge in [0.1, 0.15) is 0 Å². The first-order valence-corrected chi connectivity index (χ1v) is 7.51. The highest BCUT2D eigenvalue weighted by molar-refractivity contribution is 5.26. The standard InChI is InChI=1S/C17H27NO/c1-13(2)15-6-4-14(5-7-15)12-17(19)10-8-16(18-3)9-11-17/h4-7,13,16,18-19H,8-12H2,1-3H3. The van der Waals surface area contributed by atoms with Crippen molar-refractivity contribution in [2.24, 2.45) is 0 Å². The lowest BCUT2D eigenvalue weighted by Crippen LogP contribution is -2.41. The van der Waals surface area contributed by atoms with Crippen LogP contribution in [0.2, 0.25) is 0 Å². The summed E-state index contributed by atoms with van der Waals surface area (Å²) in [6, 6.07) is 9.34. The zero-order valence-corrected chi connectivity index (χ0v) is 12.4. The Bertz CT molecular complexity index is 388. The van der Waals surface area contributed by atoms with Crippen molar-refractivity contribution < 1.29 is 5.11 Å². The average Bonchev–Trinajstić information content (AvgIpc) is 2.40. The maximum atomic E-state index is 10.7. The Labute approximate surface area is 117 Å². The van der Waals surface area contributed by atoms with Gasteiger partial charge in [-0.25, -0.2) is 0 Å². The van der Waals surface area contributed by atoms with Crippen LogP contribution in [0, 0.1) is 0 Å². The third kappa shape index (κ3) is 3.80. The minimum Gasteiger partial charge on any atom is -0.390 e. The monoisotopic (exact) mass is 261 g/mol. The summed E-state index contributed by atoms with van der Waals surface area (Å²) in [5.74, 6) is 0.572. The van der Waals surface area contributed by atoms with Crippen molar-refractivity contribution in [3.8, 4) is 0 Å². The molecular formula is C17H27NO. The highest BCUT2D eigenvalue weighted by Crippen LogP contribution is 2.31. The number of hydrogen-bond donors (Lipinski definition) is 2. The zero-order chi connectivity index (χ0) is 13.9. The average molecular weight is 261 g/mol. The van der Waals surface area contributed by atoms with Gasteiger partial charge in [0.2, 0.25) is 0 Å². The summed E-state index contributed by atoms with van der Waals surface area (Å²) in [6.45, 7) is 4.42. The van der Waals surface area contributed by atoms with E-state index in [-0.39, 0.29) is 0 Å². The van der Waals surface area contributed by atoms with E-state index in [9.17, 15) is 5.11 Å². The van der Waals surface area contributed by atoms with E-state index in [1.54, 1.807) is 0 Å². The summed E-state index contributed by atoms with van der Waals surface area (Å²) >= 11 is 0. The molecule has 0 heterocycles. The van der Waals surface area contributed by atoms with Gasteiger partial charge in [-0.3, -0.25) is 0 Å². The van der Waals surface area contributed by atoms with Gasteiger partial charge in [-0.15, -0.1) is 0 Å². The van der Waals surface area contributed by atoms with Gasteiger partial charge >= 0.3 is 0 Å². The van der Waals surface area contributed by atoms with Gasteiger partial charge in [0.15, 0.2) is 0 Å². The summed E-state index contributed by atoms with van der Waals surface area (Å²) in [5.41, 5.74) is 2.14. The molecule has 0 spiro atoms. The van der Waals surface area contributed by atoms with Gasteiger partial charge in [0.25, 0.3) is 0 Å². The Morgan fingerprint density at radius 3 is 2.26 bits per heavy atom. The molecule has 0 atom stereocenters. The highest BCUT2D eigenvalue weighted by atomic mass is 16.3. The van der Waals surface area contributed by atoms with Crippen LogP contribution in [-0.4, -0.2) is 23.8 Å². The van der Waals surface area contributed by atoms with E-state index in [4.69, 9.17) is 0 Å². The highest BCUT2D eigenvalue weighted by Gasteiger charge is 2.32. The van der Waals surface area contributed by atoms with Gasteiger partial charge in [0.05, 0.1) is 5.60 Å². The number of hydrogen-bond acceptors (Lipinski definition) is 2. The van der Waals surface area contributed by atoms with Crippen molar-refractivity contribution >= 4 is 0 Å². The molecule has 0 amide bonds. The Morgan fingerprint density at radius 1 is 1.21 bits per heavy atom. The Kier molecular flexibility index (Phi) is 4.64. The molecular weight excluding hydrogens is 234 g/mol. The van der Waals surface area contributed by atoms with Crippen LogP contribution in [0.1, 0.15) is 56.6 Å². The SMILES string of the molecule is CNC1CCC(O)(Cc2ccc(C(C)C)cc2)CC1. The largest absolute Gasteiger partial charge is 0.390 e. The van der Waals surface area contributed by atoms with E-state index in [1.165, 1.54) is 11.1 Å². The van der Waals surface area contributed by atoms with Crippen molar-refractivity contribution in [3.05, 3.63) is 35.4 Å². The molecule has 2 N–H and O–H groups in total. The van der Waals surface area contributed by atoms with Crippen molar-refractivity contribution in [1.82, 2.24) is 5.32 Å². The van der Waals surface area contributed by atoms with Gasteiger partial charge in [-0.2, -0.15) is 0 Å². The molecule has 1 aromatic carbocycles. The topological polar surface area (TPSA) is 32.3 Å². The number of aliphatic hydroxyl groups is 1. The molecule has 2 rings (SSSR count). The van der Waals surface area contributed by atoms with Crippen LogP contribution in [0.3, 0.4) is 0 Å². The van der Waals surface area contributed by atoms with Gasteiger partial charge < -0.3 is 10.4 Å². The second kappa shape index (κ2) is 6.06. The van der Waals surface area contributed by atoms with Gasteiger partial charge in [-0.05, 0) is 49.8 Å². The van der Waals surface area contributed by atoms with Crippen LogP contribution in [0.15, 0.2) is 24.3 Å². The summed E-state index contributed by atoms with van der Waals surface area (Å²) in [7, 11) is 2.01. The molecule has 1 aliphatic carbocycles. The van der Waals surface area contributed by atoms with Gasteiger partial charge in [-0.1, -0.05) is 38.1 Å². The fourth-order valence-electron chi connectivity index (χ4n) is 3.02. The van der Waals surface area contributed by atoms with Crippen molar-refractivity contribution in [3.63, 3.8) is 0 Å². The number of rotatable bonds is 4. The van der Waals surface area contributed by atoms with Crippen LogP contribution in [0.25, 0.3) is 0 Å². The molecule has 1 aromatic rings. The Hall–Kier alpha value is -0.860. The zero-order valence-electron chi connectivity index (χ0n) is 12.4. The van der Waals surface area contributed by atoms with E-state index in [1.807, 2.05) is 7.05 Å². The predicted molar refractivity (Wildman–Crippen MR) is 80.5 cm³/mol. The van der Waals surface area contributed by atoms with Gasteiger partial charge in [0, 0.05) is 12.5 Å². The van der Waals surface area contributed by atoms with Crippen LogP contribution < -0.4 is 5.32 Å². The van der Waals surface area contributed by atoms with E-state index < -0.39 is 5.60 Å². The maximum Gasteiger partial charge on any atom is 0.0689 e. The van der Waals surface area contributed by atoms with E-state index >= 15 is 0 Å². The molecule has 106 valence electrons. The molecule has 2 heteroatoms. The minimum atomic E-state index is -0.493. The quantitative estimate of drug-likeness (QED) is 0.872. The summed E-state index contributed by atoms with van der Waals surface area (Å²) in [4.78, 5) is 0. The molecule has 0 saturated heterocycles. The lowest BCUT2D eigenvalue weighted by atomic mass is 9.78. The summed E-state index contributed by atoms with van der Waals surface area (Å²) in [6.07, 6.45) is 4.77. The molecule has 0 bridgehead atoms. The fourth-order valence-corrected chi connectivity index (χ4v) is 3.02. The van der Waals surface area contributed by atoms with Crippen LogP contribution in [0.4, 0.5) is 0 Å². The summed E-state index contributed by atoms with van der Waals surface area (Å²) < 4.78 is 0. The van der Waals surface area contributed by atoms with E-state index in [2.05, 4.69) is 43.4 Å². The van der Waals surface area contributed by atoms with Crippen molar-refractivity contribution in [2.75, 3.05) is 7.05 Å². The first-order chi connectivity index (χ1) is 9.02. The second-order valence-electron chi connectivity index (χ2n) is 6.36. The van der Waals surface area contributed by atoms with Crippen molar-refractivity contribution in [1.29, 1.82) is 0 Å². The lowest BCUT2D eigenvalue weighted by Gasteiger charge is -2.36. The number of nitrogens with one attached hydrogen (secondary N) is 1. The minimum absolute atomic E-state index is 0.493. The third-order valence-corrected chi connectivity index (χ3v) is 4.50. The molecule has 0 aliphatic heterocycles. The first-order valence-electron chi connectivity index (χ1n) is 7.51. The van der Waals surface area contributed by atoms with E-state index in [0.717, 1.165) is 32.1 Å². The normalized spacial score (nSPS) is 27.7. The maximum absolute atomic E-state index is 10.7. The van der Waals surface area contributed by atoms with Crippen LogP contribution in [-0.2, 0) is 6.42 Å². The second-order valence-corrected chi connectivity index (χ2v) is 6.36. The summed E-state index contributed by atoms with van der Waals surface area (Å²) in [5, 5.41) is 14.0. The fraction of sp³-hybridized carbons (Fsp3) is 0.647. The number of benzene rings is 1. The molecule has 2 nitrogen and oxygen atoms in total. The molecule has 1 aliphatic rings. The predicted octanol–water partition coefficient (Wildman–Crippen LogP) is 3.25. The first kappa shape index (κ1) is 14.5. The smallest absolute Gasteiger partial charge is 0.0689 e. The molecule has 0 unspecified atom stereocenters. The van der Waals surface area contributed by atoms with E-state index in [0.29, 0.717) is 12.0 Å². The third-order valence-electron chi connectivity index (χ3n) is 4.50. The molecule has 0 radical (unpaired) electrons. The Morgan fingerprint density at radius 2 is 1.79 bits per heavy atom. The Balaban J connectivity index is 1.97.